The Balaban J connectivity index is 1.22. The molecule has 3 fully saturated rings. The second kappa shape index (κ2) is 6.72. The molecular formula is C17H26N4O3S. The highest BCUT2D eigenvalue weighted by molar-refractivity contribution is 7.91. The highest BCUT2D eigenvalue weighted by atomic mass is 32.2. The lowest BCUT2D eigenvalue weighted by Crippen LogP contribution is -2.45. The van der Waals surface area contributed by atoms with Crippen molar-refractivity contribution in [1.29, 1.82) is 0 Å². The largest absolute Gasteiger partial charge is 0.350 e. The lowest BCUT2D eigenvalue weighted by molar-refractivity contribution is -0.126. The summed E-state index contributed by atoms with van der Waals surface area (Å²) in [4.78, 5) is 14.7. The van der Waals surface area contributed by atoms with Crippen LogP contribution in [-0.2, 0) is 21.2 Å². The van der Waals surface area contributed by atoms with Crippen molar-refractivity contribution in [2.45, 2.75) is 50.6 Å². The molecule has 2 aliphatic heterocycles. The monoisotopic (exact) mass is 366 g/mol. The third kappa shape index (κ3) is 4.06. The first kappa shape index (κ1) is 17.0. The smallest absolute Gasteiger partial charge is 0.223 e. The minimum atomic E-state index is -2.84. The average molecular weight is 366 g/mol. The summed E-state index contributed by atoms with van der Waals surface area (Å²) in [6.45, 7) is 2.13. The highest BCUT2D eigenvalue weighted by Gasteiger charge is 2.35. The van der Waals surface area contributed by atoms with Gasteiger partial charge in [-0.05, 0) is 51.3 Å². The van der Waals surface area contributed by atoms with Crippen molar-refractivity contribution in [1.82, 2.24) is 20.4 Å². The Kier molecular flexibility index (Phi) is 4.58. The van der Waals surface area contributed by atoms with Crippen LogP contribution >= 0.6 is 0 Å². The summed E-state index contributed by atoms with van der Waals surface area (Å²) in [6, 6.07) is 2.21. The Morgan fingerprint density at radius 3 is 2.64 bits per heavy atom. The van der Waals surface area contributed by atoms with E-state index in [0.717, 1.165) is 43.7 Å². The summed E-state index contributed by atoms with van der Waals surface area (Å²) in [5.41, 5.74) is 2.08. The van der Waals surface area contributed by atoms with E-state index < -0.39 is 9.84 Å². The van der Waals surface area contributed by atoms with Crippen molar-refractivity contribution in [2.75, 3.05) is 24.6 Å². The topological polar surface area (TPSA) is 95.2 Å². The maximum atomic E-state index is 12.4. The van der Waals surface area contributed by atoms with Gasteiger partial charge in [-0.2, -0.15) is 5.10 Å². The molecule has 0 spiro atoms. The number of H-pyrrole nitrogens is 1. The number of sulfone groups is 1. The lowest BCUT2D eigenvalue weighted by atomic mass is 9.94. The summed E-state index contributed by atoms with van der Waals surface area (Å²) in [5.74, 6) is 1.34. The first-order valence-corrected chi connectivity index (χ1v) is 11.1. The summed E-state index contributed by atoms with van der Waals surface area (Å²) in [5, 5.41) is 10.3. The van der Waals surface area contributed by atoms with Gasteiger partial charge in [0.25, 0.3) is 0 Å². The number of hydrogen-bond acceptors (Lipinski definition) is 5. The number of nitrogens with one attached hydrogen (secondary N) is 2. The van der Waals surface area contributed by atoms with Crippen LogP contribution in [0.4, 0.5) is 0 Å². The Morgan fingerprint density at radius 2 is 2.00 bits per heavy atom. The van der Waals surface area contributed by atoms with Crippen LogP contribution in [0.25, 0.3) is 0 Å². The van der Waals surface area contributed by atoms with Gasteiger partial charge in [-0.1, -0.05) is 0 Å². The van der Waals surface area contributed by atoms with Gasteiger partial charge in [0.2, 0.25) is 5.91 Å². The summed E-state index contributed by atoms with van der Waals surface area (Å²) in [7, 11) is -2.84. The van der Waals surface area contributed by atoms with E-state index in [4.69, 9.17) is 0 Å². The predicted octanol–water partition coefficient (Wildman–Crippen LogP) is 0.802. The SMILES string of the molecule is O=C(NCc1cc(C2CC2)n[nH]1)C1CCN([C@@H]2CCS(=O)(=O)C2)CC1. The maximum Gasteiger partial charge on any atom is 0.223 e. The van der Waals surface area contributed by atoms with Gasteiger partial charge in [0.1, 0.15) is 0 Å². The van der Waals surface area contributed by atoms with Crippen molar-refractivity contribution in [3.05, 3.63) is 17.5 Å². The molecule has 8 heteroatoms. The molecule has 3 heterocycles. The average Bonchev–Trinajstić information content (AvgIpc) is 3.23. The Labute approximate surface area is 148 Å². The third-order valence-electron chi connectivity index (χ3n) is 5.72. The summed E-state index contributed by atoms with van der Waals surface area (Å²) < 4.78 is 23.2. The van der Waals surface area contributed by atoms with E-state index in [0.29, 0.717) is 18.2 Å². The van der Waals surface area contributed by atoms with E-state index in [9.17, 15) is 13.2 Å². The second-order valence-electron chi connectivity index (χ2n) is 7.68. The molecule has 0 unspecified atom stereocenters. The molecule has 1 aromatic heterocycles. The minimum Gasteiger partial charge on any atom is -0.350 e. The van der Waals surface area contributed by atoms with Crippen LogP contribution in [0.5, 0.6) is 0 Å². The number of hydrogen-bond donors (Lipinski definition) is 2. The second-order valence-corrected chi connectivity index (χ2v) is 9.91. The first-order chi connectivity index (χ1) is 12.0. The van der Waals surface area contributed by atoms with E-state index in [1.807, 2.05) is 0 Å². The number of carbonyl (C=O) groups is 1. The zero-order valence-corrected chi connectivity index (χ0v) is 15.2. The Morgan fingerprint density at radius 1 is 1.24 bits per heavy atom. The van der Waals surface area contributed by atoms with Crippen molar-refractivity contribution < 1.29 is 13.2 Å². The number of amides is 1. The third-order valence-corrected chi connectivity index (χ3v) is 7.47. The van der Waals surface area contributed by atoms with Gasteiger partial charge in [-0.3, -0.25) is 14.8 Å². The van der Waals surface area contributed by atoms with Crippen molar-refractivity contribution in [3.8, 4) is 0 Å². The Hall–Kier alpha value is -1.41. The van der Waals surface area contributed by atoms with E-state index in [1.54, 1.807) is 0 Å². The number of rotatable bonds is 5. The number of aromatic nitrogens is 2. The quantitative estimate of drug-likeness (QED) is 0.804. The normalized spacial score (nSPS) is 27.4. The predicted molar refractivity (Wildman–Crippen MR) is 93.8 cm³/mol. The van der Waals surface area contributed by atoms with Gasteiger partial charge >= 0.3 is 0 Å². The van der Waals surface area contributed by atoms with E-state index in [2.05, 4.69) is 26.5 Å². The molecule has 1 amide bonds. The van der Waals surface area contributed by atoms with Crippen LogP contribution in [0.3, 0.4) is 0 Å². The molecule has 7 nitrogen and oxygen atoms in total. The molecule has 2 N–H and O–H groups in total. The molecule has 1 saturated carbocycles. The van der Waals surface area contributed by atoms with Gasteiger partial charge in [0.15, 0.2) is 9.84 Å². The number of carbonyl (C=O) groups excluding carboxylic acids is 1. The first-order valence-electron chi connectivity index (χ1n) is 9.26. The fourth-order valence-corrected chi connectivity index (χ4v) is 5.74. The fourth-order valence-electron chi connectivity index (χ4n) is 3.98. The van der Waals surface area contributed by atoms with Crippen molar-refractivity contribution >= 4 is 15.7 Å². The standard InChI is InChI=1S/C17H26N4O3S/c22-17(18-10-14-9-16(20-19-14)12-1-2-12)13-3-6-21(7-4-13)15-5-8-25(23,24)11-15/h9,12-13,15H,1-8,10-11H2,(H,18,22)(H,19,20)/t15-/m1/s1. The zero-order valence-electron chi connectivity index (χ0n) is 14.4. The van der Waals surface area contributed by atoms with Gasteiger partial charge in [-0.25, -0.2) is 8.42 Å². The maximum absolute atomic E-state index is 12.4. The van der Waals surface area contributed by atoms with Crippen LogP contribution in [-0.4, -0.2) is 60.1 Å². The molecule has 0 bridgehead atoms. The highest BCUT2D eigenvalue weighted by Crippen LogP contribution is 2.39. The number of likely N-dealkylation sites (tertiary alicyclic amines) is 1. The molecule has 0 radical (unpaired) electrons. The van der Waals surface area contributed by atoms with Gasteiger partial charge in [0.05, 0.1) is 29.4 Å². The van der Waals surface area contributed by atoms with Gasteiger partial charge in [-0.15, -0.1) is 0 Å². The van der Waals surface area contributed by atoms with Crippen LogP contribution in [0.15, 0.2) is 6.07 Å². The number of nitrogens with zero attached hydrogens (tertiary/aromatic N) is 2. The Bertz CT molecular complexity index is 733. The zero-order chi connectivity index (χ0) is 17.4. The summed E-state index contributed by atoms with van der Waals surface area (Å²) in [6.07, 6.45) is 4.79. The molecule has 3 aliphatic rings. The molecule has 0 aromatic carbocycles. The minimum absolute atomic E-state index is 0.0279. The van der Waals surface area contributed by atoms with Gasteiger partial charge in [0, 0.05) is 17.9 Å². The van der Waals surface area contributed by atoms with E-state index in [1.165, 1.54) is 12.8 Å². The van der Waals surface area contributed by atoms with Crippen LogP contribution < -0.4 is 5.32 Å². The molecule has 4 rings (SSSR count). The van der Waals surface area contributed by atoms with Gasteiger partial charge < -0.3 is 5.32 Å². The van der Waals surface area contributed by atoms with Crippen LogP contribution in [0, 0.1) is 5.92 Å². The molecule has 25 heavy (non-hydrogen) atoms. The van der Waals surface area contributed by atoms with Crippen LogP contribution in [0.2, 0.25) is 0 Å². The number of piperidine rings is 1. The molecule has 1 atom stereocenters. The number of aromatic amines is 1. The summed E-state index contributed by atoms with van der Waals surface area (Å²) >= 11 is 0. The fraction of sp³-hybridized carbons (Fsp3) is 0.765. The molecule has 2 saturated heterocycles. The lowest BCUT2D eigenvalue weighted by Gasteiger charge is -2.34. The van der Waals surface area contributed by atoms with Crippen molar-refractivity contribution in [2.24, 2.45) is 5.92 Å². The van der Waals surface area contributed by atoms with Crippen molar-refractivity contribution in [3.63, 3.8) is 0 Å². The van der Waals surface area contributed by atoms with Crippen LogP contribution in [0.1, 0.15) is 49.4 Å². The van der Waals surface area contributed by atoms with E-state index >= 15 is 0 Å². The molecule has 1 aliphatic carbocycles. The molecule has 138 valence electrons. The molecule has 1 aromatic rings. The molecular weight excluding hydrogens is 340 g/mol. The van der Waals surface area contributed by atoms with E-state index in [-0.39, 0.29) is 23.6 Å².